The SMILES string of the molecule is COC(=O)[C@H](c1ccccc1Cl)N1CC[C@@H](S)/C(=C\CC(=O)O)C1. The summed E-state index contributed by atoms with van der Waals surface area (Å²) in [6.07, 6.45) is 2.33. The van der Waals surface area contributed by atoms with E-state index in [1.807, 2.05) is 11.0 Å². The van der Waals surface area contributed by atoms with Crippen LogP contribution in [0.4, 0.5) is 0 Å². The lowest BCUT2D eigenvalue weighted by Crippen LogP contribution is -2.42. The Morgan fingerprint density at radius 2 is 2.21 bits per heavy atom. The number of halogens is 1. The van der Waals surface area contributed by atoms with Gasteiger partial charge in [0, 0.05) is 23.4 Å². The van der Waals surface area contributed by atoms with Crippen molar-refractivity contribution in [3.05, 3.63) is 46.5 Å². The number of likely N-dealkylation sites (tertiary alicyclic amines) is 1. The molecule has 1 N–H and O–H groups in total. The van der Waals surface area contributed by atoms with Gasteiger partial charge in [0.1, 0.15) is 6.04 Å². The first-order chi connectivity index (χ1) is 11.4. The lowest BCUT2D eigenvalue weighted by molar-refractivity contribution is -0.147. The molecule has 0 unspecified atom stereocenters. The zero-order valence-corrected chi connectivity index (χ0v) is 15.0. The Morgan fingerprint density at radius 3 is 2.83 bits per heavy atom. The summed E-state index contributed by atoms with van der Waals surface area (Å²) in [6, 6.07) is 6.54. The molecule has 0 amide bonds. The maximum Gasteiger partial charge on any atom is 0.327 e. The van der Waals surface area contributed by atoms with E-state index in [9.17, 15) is 9.59 Å². The van der Waals surface area contributed by atoms with E-state index in [2.05, 4.69) is 12.6 Å². The van der Waals surface area contributed by atoms with Crippen molar-refractivity contribution in [2.45, 2.75) is 24.1 Å². The van der Waals surface area contributed by atoms with Crippen LogP contribution >= 0.6 is 24.2 Å². The lowest BCUT2D eigenvalue weighted by atomic mass is 9.97. The van der Waals surface area contributed by atoms with Gasteiger partial charge in [-0.15, -0.1) is 0 Å². The third kappa shape index (κ3) is 4.53. The fraction of sp³-hybridized carbons (Fsp3) is 0.412. The molecule has 130 valence electrons. The predicted octanol–water partition coefficient (Wildman–Crippen LogP) is 2.96. The zero-order chi connectivity index (χ0) is 17.7. The van der Waals surface area contributed by atoms with Crippen molar-refractivity contribution in [3.8, 4) is 0 Å². The fourth-order valence-corrected chi connectivity index (χ4v) is 3.35. The Kier molecular flexibility index (Phi) is 6.71. The first-order valence-electron chi connectivity index (χ1n) is 7.59. The number of methoxy groups -OCH3 is 1. The van der Waals surface area contributed by atoms with E-state index < -0.39 is 18.0 Å². The topological polar surface area (TPSA) is 66.8 Å². The zero-order valence-electron chi connectivity index (χ0n) is 13.3. The minimum absolute atomic E-state index is 0.00913. The monoisotopic (exact) mass is 369 g/mol. The number of nitrogens with zero attached hydrogens (tertiary/aromatic N) is 1. The fourth-order valence-electron chi connectivity index (χ4n) is 2.81. The predicted molar refractivity (Wildman–Crippen MR) is 95.5 cm³/mol. The van der Waals surface area contributed by atoms with Crippen LogP contribution in [0.2, 0.25) is 5.02 Å². The molecule has 1 aromatic carbocycles. The number of hydrogen-bond donors (Lipinski definition) is 2. The van der Waals surface area contributed by atoms with Gasteiger partial charge in [0.05, 0.1) is 13.5 Å². The summed E-state index contributed by atoms with van der Waals surface area (Å²) in [5, 5.41) is 9.36. The molecule has 0 aliphatic carbocycles. The quantitative estimate of drug-likeness (QED) is 0.474. The van der Waals surface area contributed by atoms with Gasteiger partial charge in [-0.1, -0.05) is 35.9 Å². The van der Waals surface area contributed by atoms with E-state index in [4.69, 9.17) is 21.4 Å². The van der Waals surface area contributed by atoms with E-state index >= 15 is 0 Å². The van der Waals surface area contributed by atoms with E-state index in [1.165, 1.54) is 7.11 Å². The van der Waals surface area contributed by atoms with Crippen LogP contribution in [0.1, 0.15) is 24.4 Å². The Labute approximate surface area is 151 Å². The number of carboxylic acid groups (broad SMARTS) is 1. The van der Waals surface area contributed by atoms with Crippen molar-refractivity contribution < 1.29 is 19.4 Å². The molecule has 0 bridgehead atoms. The first-order valence-corrected chi connectivity index (χ1v) is 8.48. The molecule has 2 atom stereocenters. The summed E-state index contributed by atoms with van der Waals surface area (Å²) in [5.41, 5.74) is 1.58. The van der Waals surface area contributed by atoms with Gasteiger partial charge in [-0.3, -0.25) is 9.69 Å². The molecule has 2 rings (SSSR count). The highest BCUT2D eigenvalue weighted by Gasteiger charge is 2.34. The molecule has 24 heavy (non-hydrogen) atoms. The number of aliphatic carboxylic acids is 1. The third-order valence-electron chi connectivity index (χ3n) is 4.03. The van der Waals surface area contributed by atoms with Crippen LogP contribution in [-0.2, 0) is 14.3 Å². The number of benzene rings is 1. The maximum absolute atomic E-state index is 12.4. The van der Waals surface area contributed by atoms with Crippen molar-refractivity contribution in [2.24, 2.45) is 0 Å². The summed E-state index contributed by atoms with van der Waals surface area (Å²) in [6.45, 7) is 1.09. The van der Waals surface area contributed by atoms with Gasteiger partial charge in [0.15, 0.2) is 0 Å². The standard InChI is InChI=1S/C17H20ClNO4S/c1-23-17(22)16(12-4-2-3-5-13(12)18)19-9-8-14(24)11(10-19)6-7-15(20)21/h2-6,14,16,24H,7-10H2,1H3,(H,20,21)/b11-6-/t14-,16+/m1/s1. The summed E-state index contributed by atoms with van der Waals surface area (Å²) in [5.74, 6) is -1.28. The second-order valence-electron chi connectivity index (χ2n) is 5.60. The molecule has 0 radical (unpaired) electrons. The van der Waals surface area contributed by atoms with Gasteiger partial charge in [0.2, 0.25) is 0 Å². The number of carbonyl (C=O) groups is 2. The highest BCUT2D eigenvalue weighted by atomic mass is 35.5. The minimum atomic E-state index is -0.893. The Hall–Kier alpha value is -1.50. The van der Waals surface area contributed by atoms with Crippen LogP contribution < -0.4 is 0 Å². The molecule has 0 aromatic heterocycles. The second kappa shape index (κ2) is 8.55. The van der Waals surface area contributed by atoms with Gasteiger partial charge in [0.25, 0.3) is 0 Å². The number of carboxylic acids is 1. The van der Waals surface area contributed by atoms with Crippen molar-refractivity contribution in [1.82, 2.24) is 4.90 Å². The van der Waals surface area contributed by atoms with Gasteiger partial charge in [-0.25, -0.2) is 4.79 Å². The summed E-state index contributed by atoms with van der Waals surface area (Å²) in [7, 11) is 1.35. The molecular weight excluding hydrogens is 350 g/mol. The summed E-state index contributed by atoms with van der Waals surface area (Å²) >= 11 is 10.8. The largest absolute Gasteiger partial charge is 0.481 e. The Morgan fingerprint density at radius 1 is 1.50 bits per heavy atom. The number of piperidine rings is 1. The van der Waals surface area contributed by atoms with Gasteiger partial charge < -0.3 is 9.84 Å². The molecule has 1 aliphatic heterocycles. The van der Waals surface area contributed by atoms with Crippen LogP contribution in [0.15, 0.2) is 35.9 Å². The number of rotatable bonds is 5. The average molecular weight is 370 g/mol. The number of carbonyl (C=O) groups excluding carboxylic acids is 1. The molecule has 0 saturated carbocycles. The summed E-state index contributed by atoms with van der Waals surface area (Å²) in [4.78, 5) is 25.1. The van der Waals surface area contributed by atoms with Crippen molar-refractivity contribution in [1.29, 1.82) is 0 Å². The van der Waals surface area contributed by atoms with Crippen LogP contribution in [0, 0.1) is 0 Å². The van der Waals surface area contributed by atoms with E-state index in [1.54, 1.807) is 24.3 Å². The maximum atomic E-state index is 12.4. The van der Waals surface area contributed by atoms with Crippen LogP contribution in [0.5, 0.6) is 0 Å². The third-order valence-corrected chi connectivity index (χ3v) is 4.97. The number of thiol groups is 1. The molecule has 1 fully saturated rings. The first kappa shape index (κ1) is 18.8. The highest BCUT2D eigenvalue weighted by Crippen LogP contribution is 2.33. The number of esters is 1. The van der Waals surface area contributed by atoms with Crippen LogP contribution in [0.25, 0.3) is 0 Å². The highest BCUT2D eigenvalue weighted by molar-refractivity contribution is 7.81. The van der Waals surface area contributed by atoms with Gasteiger partial charge in [-0.2, -0.15) is 12.6 Å². The molecule has 5 nitrogen and oxygen atoms in total. The summed E-state index contributed by atoms with van der Waals surface area (Å²) < 4.78 is 4.96. The molecule has 1 aromatic rings. The van der Waals surface area contributed by atoms with Gasteiger partial charge in [-0.05, 0) is 23.6 Å². The molecule has 7 heteroatoms. The van der Waals surface area contributed by atoms with E-state index in [0.717, 1.165) is 5.57 Å². The minimum Gasteiger partial charge on any atom is -0.481 e. The van der Waals surface area contributed by atoms with Crippen molar-refractivity contribution in [2.75, 3.05) is 20.2 Å². The Bertz CT molecular complexity index is 649. The number of hydrogen-bond acceptors (Lipinski definition) is 5. The second-order valence-corrected chi connectivity index (χ2v) is 6.63. The van der Waals surface area contributed by atoms with Crippen LogP contribution in [0.3, 0.4) is 0 Å². The van der Waals surface area contributed by atoms with Crippen molar-refractivity contribution >= 4 is 36.2 Å². The number of ether oxygens (including phenoxy) is 1. The normalized spacial score (nSPS) is 21.5. The molecule has 1 aliphatic rings. The molecular formula is C17H20ClNO4S. The van der Waals surface area contributed by atoms with Crippen molar-refractivity contribution in [3.63, 3.8) is 0 Å². The smallest absolute Gasteiger partial charge is 0.327 e. The lowest BCUT2D eigenvalue weighted by Gasteiger charge is -2.37. The van der Waals surface area contributed by atoms with Crippen LogP contribution in [-0.4, -0.2) is 47.4 Å². The molecule has 1 saturated heterocycles. The van der Waals surface area contributed by atoms with Gasteiger partial charge >= 0.3 is 11.9 Å². The molecule has 1 heterocycles. The average Bonchev–Trinajstić information content (AvgIpc) is 2.56. The van der Waals surface area contributed by atoms with E-state index in [-0.39, 0.29) is 11.7 Å². The molecule has 0 spiro atoms. The Balaban J connectivity index is 2.30. The van der Waals surface area contributed by atoms with E-state index in [0.29, 0.717) is 30.1 Å².